The highest BCUT2D eigenvalue weighted by molar-refractivity contribution is 5.82. The summed E-state index contributed by atoms with van der Waals surface area (Å²) in [5, 5.41) is 14.5. The summed E-state index contributed by atoms with van der Waals surface area (Å²) in [4.78, 5) is 37.6. The van der Waals surface area contributed by atoms with Crippen LogP contribution in [0.25, 0.3) is 0 Å². The number of ether oxygens (including phenoxy) is 1. The van der Waals surface area contributed by atoms with Crippen molar-refractivity contribution < 1.29 is 14.5 Å². The summed E-state index contributed by atoms with van der Waals surface area (Å²) >= 11 is 0. The molecule has 2 aliphatic rings. The number of amides is 1. The van der Waals surface area contributed by atoms with Gasteiger partial charge in [-0.15, -0.1) is 0 Å². The van der Waals surface area contributed by atoms with E-state index in [0.29, 0.717) is 45.0 Å². The number of nitrogens with one attached hydrogen (secondary N) is 1. The Hall–Kier alpha value is -4.21. The van der Waals surface area contributed by atoms with E-state index in [1.54, 1.807) is 31.6 Å². The molecule has 0 aliphatic carbocycles. The molecule has 1 fully saturated rings. The van der Waals surface area contributed by atoms with Crippen LogP contribution in [0.15, 0.2) is 60.9 Å². The number of hydrogen-bond donors (Lipinski definition) is 1. The second-order valence-electron chi connectivity index (χ2n) is 8.99. The van der Waals surface area contributed by atoms with E-state index in [1.807, 2.05) is 30.3 Å². The first kappa shape index (κ1) is 23.5. The lowest BCUT2D eigenvalue weighted by molar-refractivity contribution is -0.384. The first-order chi connectivity index (χ1) is 17.5. The second-order valence-corrected chi connectivity index (χ2v) is 8.99. The third-order valence-electron chi connectivity index (χ3n) is 6.96. The van der Waals surface area contributed by atoms with Gasteiger partial charge in [-0.2, -0.15) is 0 Å². The molecule has 2 aliphatic heterocycles. The molecule has 2 atom stereocenters. The summed E-state index contributed by atoms with van der Waals surface area (Å²) in [6.07, 6.45) is 4.50. The van der Waals surface area contributed by atoms with Crippen molar-refractivity contribution in [2.24, 2.45) is 5.92 Å². The molecule has 10 nitrogen and oxygen atoms in total. The lowest BCUT2D eigenvalue weighted by Crippen LogP contribution is -2.61. The minimum atomic E-state index is -0.390. The topological polar surface area (TPSA) is 114 Å². The van der Waals surface area contributed by atoms with E-state index in [1.165, 1.54) is 6.07 Å². The fourth-order valence-electron chi connectivity index (χ4n) is 5.22. The van der Waals surface area contributed by atoms with Gasteiger partial charge in [0.1, 0.15) is 5.75 Å². The van der Waals surface area contributed by atoms with Crippen molar-refractivity contribution in [1.82, 2.24) is 15.3 Å². The van der Waals surface area contributed by atoms with E-state index in [4.69, 9.17) is 4.74 Å². The highest BCUT2D eigenvalue weighted by Gasteiger charge is 2.42. The third kappa shape index (κ3) is 4.66. The van der Waals surface area contributed by atoms with E-state index in [9.17, 15) is 14.9 Å². The van der Waals surface area contributed by atoms with Crippen LogP contribution >= 0.6 is 0 Å². The number of carbonyl (C=O) groups excluding carboxylic acids is 1. The molecule has 1 N–H and O–H groups in total. The molecule has 2 unspecified atom stereocenters. The number of rotatable bonds is 7. The Kier molecular flexibility index (Phi) is 6.66. The Morgan fingerprint density at radius 2 is 1.97 bits per heavy atom. The summed E-state index contributed by atoms with van der Waals surface area (Å²) < 4.78 is 5.42. The molecule has 3 heterocycles. The van der Waals surface area contributed by atoms with Gasteiger partial charge in [0.2, 0.25) is 11.9 Å². The van der Waals surface area contributed by atoms with Crippen molar-refractivity contribution >= 4 is 23.2 Å². The first-order valence-electron chi connectivity index (χ1n) is 12.0. The van der Waals surface area contributed by atoms with E-state index in [0.717, 1.165) is 22.6 Å². The zero-order chi connectivity index (χ0) is 25.1. The molecule has 36 heavy (non-hydrogen) atoms. The van der Waals surface area contributed by atoms with Crippen molar-refractivity contribution in [2.75, 3.05) is 43.1 Å². The number of benzene rings is 2. The minimum Gasteiger partial charge on any atom is -0.496 e. The van der Waals surface area contributed by atoms with Gasteiger partial charge < -0.3 is 19.9 Å². The van der Waals surface area contributed by atoms with Crippen molar-refractivity contribution in [2.45, 2.75) is 18.9 Å². The molecule has 186 valence electrons. The maximum Gasteiger partial charge on any atom is 0.269 e. The van der Waals surface area contributed by atoms with Gasteiger partial charge in [0.15, 0.2) is 0 Å². The number of piperazine rings is 1. The molecule has 0 spiro atoms. The number of fused-ring (bicyclic) bond motifs is 3. The van der Waals surface area contributed by atoms with Crippen LogP contribution < -0.4 is 19.9 Å². The highest BCUT2D eigenvalue weighted by atomic mass is 16.6. The van der Waals surface area contributed by atoms with E-state index >= 15 is 0 Å². The molecular formula is C26H28N6O4. The van der Waals surface area contributed by atoms with Crippen LogP contribution in [0.5, 0.6) is 5.75 Å². The molecule has 0 bridgehead atoms. The van der Waals surface area contributed by atoms with Crippen molar-refractivity contribution in [3.8, 4) is 5.75 Å². The SMILES string of the molecule is COc1ccccc1CCNC(=O)C1Cc2cc([N+](=O)[O-])ccc2N2CCN(c3ncccn3)CC12. The summed E-state index contributed by atoms with van der Waals surface area (Å²) in [7, 11) is 1.63. The lowest BCUT2D eigenvalue weighted by Gasteiger charge is -2.49. The van der Waals surface area contributed by atoms with Crippen LogP contribution in [-0.2, 0) is 17.6 Å². The molecule has 0 saturated carbocycles. The zero-order valence-corrected chi connectivity index (χ0v) is 20.0. The molecule has 10 heteroatoms. The molecule has 1 aromatic heterocycles. The summed E-state index contributed by atoms with van der Waals surface area (Å²) in [5.41, 5.74) is 2.85. The van der Waals surface area contributed by atoms with Gasteiger partial charge in [-0.25, -0.2) is 9.97 Å². The van der Waals surface area contributed by atoms with Gasteiger partial charge in [0, 0.05) is 56.4 Å². The Labute approximate surface area is 209 Å². The standard InChI is InChI=1S/C26H28N6O4/c1-36-24-6-3-2-5-18(24)9-12-27-25(33)21-16-19-15-20(32(34)35)7-8-22(19)31-14-13-30(17-23(21)31)26-28-10-4-11-29-26/h2-8,10-11,15,21,23H,9,12-14,16-17H2,1H3,(H,27,33). The normalized spacial score (nSPS) is 18.7. The largest absolute Gasteiger partial charge is 0.496 e. The van der Waals surface area contributed by atoms with Gasteiger partial charge in [0.05, 0.1) is 24.0 Å². The van der Waals surface area contributed by atoms with E-state index in [-0.39, 0.29) is 28.5 Å². The van der Waals surface area contributed by atoms with Crippen LogP contribution in [0.4, 0.5) is 17.3 Å². The van der Waals surface area contributed by atoms with Gasteiger partial charge in [-0.3, -0.25) is 14.9 Å². The summed E-state index contributed by atoms with van der Waals surface area (Å²) in [5.74, 6) is 1.00. The highest BCUT2D eigenvalue weighted by Crippen LogP contribution is 2.38. The second kappa shape index (κ2) is 10.2. The number of nitrogens with zero attached hydrogens (tertiary/aromatic N) is 5. The summed E-state index contributed by atoms with van der Waals surface area (Å²) in [6, 6.07) is 14.4. The van der Waals surface area contributed by atoms with Crippen LogP contribution in [-0.4, -0.2) is 60.1 Å². The number of aromatic nitrogens is 2. The molecular weight excluding hydrogens is 460 g/mol. The summed E-state index contributed by atoms with van der Waals surface area (Å²) in [6.45, 7) is 2.42. The average molecular weight is 489 g/mol. The predicted molar refractivity (Wildman–Crippen MR) is 135 cm³/mol. The monoisotopic (exact) mass is 488 g/mol. The zero-order valence-electron chi connectivity index (χ0n) is 20.0. The number of non-ortho nitro benzene ring substituents is 1. The van der Waals surface area contributed by atoms with Crippen molar-refractivity contribution in [1.29, 1.82) is 0 Å². The van der Waals surface area contributed by atoms with Gasteiger partial charge in [-0.1, -0.05) is 18.2 Å². The van der Waals surface area contributed by atoms with Crippen molar-refractivity contribution in [3.05, 3.63) is 82.2 Å². The maximum absolute atomic E-state index is 13.5. The van der Waals surface area contributed by atoms with Gasteiger partial charge in [-0.05, 0) is 42.2 Å². The number of nitro groups is 1. The molecule has 0 radical (unpaired) electrons. The fourth-order valence-corrected chi connectivity index (χ4v) is 5.22. The van der Waals surface area contributed by atoms with E-state index < -0.39 is 0 Å². The molecule has 2 aromatic carbocycles. The predicted octanol–water partition coefficient (Wildman–Crippen LogP) is 2.62. The first-order valence-corrected chi connectivity index (χ1v) is 12.0. The molecule has 1 amide bonds. The van der Waals surface area contributed by atoms with Crippen LogP contribution in [0.3, 0.4) is 0 Å². The quantitative estimate of drug-likeness (QED) is 0.399. The number of para-hydroxylation sites is 1. The van der Waals surface area contributed by atoms with Gasteiger partial charge in [0.25, 0.3) is 5.69 Å². The molecule has 1 saturated heterocycles. The average Bonchev–Trinajstić information content (AvgIpc) is 2.92. The number of methoxy groups -OCH3 is 1. The maximum atomic E-state index is 13.5. The van der Waals surface area contributed by atoms with Crippen LogP contribution in [0, 0.1) is 16.0 Å². The Morgan fingerprint density at radius 3 is 2.75 bits per heavy atom. The number of anilines is 2. The lowest BCUT2D eigenvalue weighted by atomic mass is 9.83. The number of carbonyl (C=O) groups is 1. The van der Waals surface area contributed by atoms with E-state index in [2.05, 4.69) is 25.1 Å². The third-order valence-corrected chi connectivity index (χ3v) is 6.96. The number of hydrogen-bond acceptors (Lipinski definition) is 8. The molecule has 3 aromatic rings. The van der Waals surface area contributed by atoms with Crippen LogP contribution in [0.1, 0.15) is 11.1 Å². The smallest absolute Gasteiger partial charge is 0.269 e. The van der Waals surface area contributed by atoms with Crippen LogP contribution in [0.2, 0.25) is 0 Å². The minimum absolute atomic E-state index is 0.0406. The Balaban J connectivity index is 1.38. The Morgan fingerprint density at radius 1 is 1.17 bits per heavy atom. The fraction of sp³-hybridized carbons (Fsp3) is 0.346. The van der Waals surface area contributed by atoms with Gasteiger partial charge >= 0.3 is 0 Å². The van der Waals surface area contributed by atoms with Crippen molar-refractivity contribution in [3.63, 3.8) is 0 Å². The Bertz CT molecular complexity index is 1250. The number of nitro benzene ring substituents is 1. The molecule has 5 rings (SSSR count).